The van der Waals surface area contributed by atoms with Crippen LogP contribution in [-0.2, 0) is 6.54 Å². The normalized spacial score (nSPS) is 10.1. The third kappa shape index (κ3) is 2.81. The van der Waals surface area contributed by atoms with Gasteiger partial charge in [0.15, 0.2) is 11.5 Å². The zero-order valence-electron chi connectivity index (χ0n) is 10.6. The van der Waals surface area contributed by atoms with Crippen molar-refractivity contribution < 1.29 is 9.47 Å². The van der Waals surface area contributed by atoms with E-state index in [0.29, 0.717) is 0 Å². The molecule has 0 aliphatic carbocycles. The Labute approximate surface area is 107 Å². The summed E-state index contributed by atoms with van der Waals surface area (Å²) in [5.41, 5.74) is 1.12. The van der Waals surface area contributed by atoms with E-state index in [-0.39, 0.29) is 0 Å². The maximum Gasteiger partial charge on any atom is 0.169 e. The smallest absolute Gasteiger partial charge is 0.169 e. The van der Waals surface area contributed by atoms with Crippen LogP contribution in [0.2, 0.25) is 0 Å². The minimum atomic E-state index is 0.726. The Morgan fingerprint density at radius 2 is 1.50 bits per heavy atom. The van der Waals surface area contributed by atoms with Crippen LogP contribution in [0.5, 0.6) is 17.2 Å². The number of nitrogens with one attached hydrogen (secondary N) is 1. The summed E-state index contributed by atoms with van der Waals surface area (Å²) in [7, 11) is 3.56. The first kappa shape index (κ1) is 12.5. The first-order valence-electron chi connectivity index (χ1n) is 5.88. The van der Waals surface area contributed by atoms with E-state index in [1.807, 2.05) is 55.6 Å². The van der Waals surface area contributed by atoms with Crippen LogP contribution in [0.1, 0.15) is 5.56 Å². The van der Waals surface area contributed by atoms with Crippen molar-refractivity contribution in [3.05, 3.63) is 54.1 Å². The summed E-state index contributed by atoms with van der Waals surface area (Å²) in [6.07, 6.45) is 0. The van der Waals surface area contributed by atoms with Gasteiger partial charge in [0.1, 0.15) is 5.75 Å². The molecule has 18 heavy (non-hydrogen) atoms. The van der Waals surface area contributed by atoms with E-state index in [0.717, 1.165) is 29.4 Å². The predicted octanol–water partition coefficient (Wildman–Crippen LogP) is 3.21. The Morgan fingerprint density at radius 1 is 0.889 bits per heavy atom. The fourth-order valence-electron chi connectivity index (χ4n) is 1.76. The molecular weight excluding hydrogens is 226 g/mol. The van der Waals surface area contributed by atoms with Crippen molar-refractivity contribution in [2.75, 3.05) is 14.2 Å². The largest absolute Gasteiger partial charge is 0.493 e. The fraction of sp³-hybridized carbons (Fsp3) is 0.200. The highest BCUT2D eigenvalue weighted by atomic mass is 16.5. The topological polar surface area (TPSA) is 30.5 Å². The SMILES string of the molecule is CNCc1ccccc1Oc1ccccc1OC. The summed E-state index contributed by atoms with van der Waals surface area (Å²) < 4.78 is 11.2. The minimum absolute atomic E-state index is 0.726. The molecule has 3 nitrogen and oxygen atoms in total. The van der Waals surface area contributed by atoms with E-state index in [1.54, 1.807) is 7.11 Å². The average Bonchev–Trinajstić information content (AvgIpc) is 2.42. The molecule has 2 rings (SSSR count). The molecule has 3 heteroatoms. The Morgan fingerprint density at radius 3 is 2.17 bits per heavy atom. The third-order valence-corrected chi connectivity index (χ3v) is 2.63. The maximum absolute atomic E-state index is 5.92. The Bertz CT molecular complexity index is 511. The highest BCUT2D eigenvalue weighted by Gasteiger charge is 2.07. The van der Waals surface area contributed by atoms with E-state index < -0.39 is 0 Å². The molecule has 94 valence electrons. The molecule has 1 N–H and O–H groups in total. The van der Waals surface area contributed by atoms with Gasteiger partial charge in [0.2, 0.25) is 0 Å². The zero-order chi connectivity index (χ0) is 12.8. The van der Waals surface area contributed by atoms with Crippen LogP contribution in [0.15, 0.2) is 48.5 Å². The van der Waals surface area contributed by atoms with Gasteiger partial charge in [-0.2, -0.15) is 0 Å². The van der Waals surface area contributed by atoms with Gasteiger partial charge in [0, 0.05) is 12.1 Å². The van der Waals surface area contributed by atoms with Gasteiger partial charge < -0.3 is 14.8 Å². The van der Waals surface area contributed by atoms with E-state index in [1.165, 1.54) is 0 Å². The number of para-hydroxylation sites is 3. The molecule has 0 unspecified atom stereocenters. The molecule has 2 aromatic rings. The van der Waals surface area contributed by atoms with Gasteiger partial charge in [-0.15, -0.1) is 0 Å². The second kappa shape index (κ2) is 6.07. The van der Waals surface area contributed by atoms with Gasteiger partial charge in [-0.05, 0) is 25.2 Å². The first-order chi connectivity index (χ1) is 8.85. The fourth-order valence-corrected chi connectivity index (χ4v) is 1.76. The molecule has 0 atom stereocenters. The number of hydrogen-bond donors (Lipinski definition) is 1. The zero-order valence-corrected chi connectivity index (χ0v) is 10.6. The van der Waals surface area contributed by atoms with Crippen LogP contribution in [0.4, 0.5) is 0 Å². The van der Waals surface area contributed by atoms with Gasteiger partial charge in [0.25, 0.3) is 0 Å². The third-order valence-electron chi connectivity index (χ3n) is 2.63. The second-order valence-electron chi connectivity index (χ2n) is 3.89. The van der Waals surface area contributed by atoms with Crippen LogP contribution < -0.4 is 14.8 Å². The molecule has 0 spiro atoms. The summed E-state index contributed by atoms with van der Waals surface area (Å²) in [4.78, 5) is 0. The Kier molecular flexibility index (Phi) is 4.20. The van der Waals surface area contributed by atoms with Crippen molar-refractivity contribution in [2.45, 2.75) is 6.54 Å². The van der Waals surface area contributed by atoms with E-state index in [4.69, 9.17) is 9.47 Å². The number of benzene rings is 2. The van der Waals surface area contributed by atoms with Crippen LogP contribution in [0, 0.1) is 0 Å². The van der Waals surface area contributed by atoms with Crippen LogP contribution in [0.25, 0.3) is 0 Å². The predicted molar refractivity (Wildman–Crippen MR) is 72.3 cm³/mol. The first-order valence-corrected chi connectivity index (χ1v) is 5.88. The minimum Gasteiger partial charge on any atom is -0.493 e. The van der Waals surface area contributed by atoms with Crippen molar-refractivity contribution in [1.82, 2.24) is 5.32 Å². The van der Waals surface area contributed by atoms with Crippen LogP contribution >= 0.6 is 0 Å². The van der Waals surface area contributed by atoms with Crippen molar-refractivity contribution in [3.8, 4) is 17.2 Å². The van der Waals surface area contributed by atoms with Crippen molar-refractivity contribution >= 4 is 0 Å². The van der Waals surface area contributed by atoms with Gasteiger partial charge in [-0.25, -0.2) is 0 Å². The summed E-state index contributed by atoms with van der Waals surface area (Å²) >= 11 is 0. The van der Waals surface area contributed by atoms with Gasteiger partial charge in [0.05, 0.1) is 7.11 Å². The summed E-state index contributed by atoms with van der Waals surface area (Å²) in [6.45, 7) is 0.769. The quantitative estimate of drug-likeness (QED) is 0.874. The molecule has 0 saturated carbocycles. The molecule has 0 heterocycles. The summed E-state index contributed by atoms with van der Waals surface area (Å²) in [6, 6.07) is 15.6. The van der Waals surface area contributed by atoms with Crippen molar-refractivity contribution in [3.63, 3.8) is 0 Å². The van der Waals surface area contributed by atoms with Gasteiger partial charge in [-0.3, -0.25) is 0 Å². The average molecular weight is 243 g/mol. The summed E-state index contributed by atoms with van der Waals surface area (Å²) in [5, 5.41) is 3.13. The van der Waals surface area contributed by atoms with E-state index in [9.17, 15) is 0 Å². The molecule has 0 amide bonds. The van der Waals surface area contributed by atoms with Crippen LogP contribution in [0.3, 0.4) is 0 Å². The molecule has 0 radical (unpaired) electrons. The molecule has 0 bridgehead atoms. The number of rotatable bonds is 5. The van der Waals surface area contributed by atoms with E-state index >= 15 is 0 Å². The Balaban J connectivity index is 2.28. The second-order valence-corrected chi connectivity index (χ2v) is 3.89. The lowest BCUT2D eigenvalue weighted by Crippen LogP contribution is -2.06. The Hall–Kier alpha value is -2.00. The standard InChI is InChI=1S/C15H17NO2/c1-16-11-12-7-3-4-8-13(12)18-15-10-6-5-9-14(15)17-2/h3-10,16H,11H2,1-2H3. The van der Waals surface area contributed by atoms with Crippen LogP contribution in [-0.4, -0.2) is 14.2 Å². The van der Waals surface area contributed by atoms with Gasteiger partial charge >= 0.3 is 0 Å². The molecule has 2 aromatic carbocycles. The summed E-state index contributed by atoms with van der Waals surface area (Å²) in [5.74, 6) is 2.30. The lowest BCUT2D eigenvalue weighted by Gasteiger charge is -2.13. The maximum atomic E-state index is 5.92. The van der Waals surface area contributed by atoms with Crippen molar-refractivity contribution in [1.29, 1.82) is 0 Å². The highest BCUT2D eigenvalue weighted by Crippen LogP contribution is 2.32. The molecule has 0 aromatic heterocycles. The molecule has 0 aliphatic heterocycles. The number of hydrogen-bond acceptors (Lipinski definition) is 3. The highest BCUT2D eigenvalue weighted by molar-refractivity contribution is 5.44. The molecular formula is C15H17NO2. The molecule has 0 aliphatic rings. The molecule has 0 fully saturated rings. The number of methoxy groups -OCH3 is 1. The van der Waals surface area contributed by atoms with Crippen molar-refractivity contribution in [2.24, 2.45) is 0 Å². The monoisotopic (exact) mass is 243 g/mol. The lowest BCUT2D eigenvalue weighted by molar-refractivity contribution is 0.377. The van der Waals surface area contributed by atoms with Gasteiger partial charge in [-0.1, -0.05) is 30.3 Å². The molecule has 0 saturated heterocycles. The van der Waals surface area contributed by atoms with E-state index in [2.05, 4.69) is 5.32 Å². The lowest BCUT2D eigenvalue weighted by atomic mass is 10.2. The number of ether oxygens (including phenoxy) is 2.